The first-order valence-corrected chi connectivity index (χ1v) is 8.61. The molecule has 1 aromatic carbocycles. The van der Waals surface area contributed by atoms with Crippen LogP contribution < -0.4 is 4.72 Å². The van der Waals surface area contributed by atoms with Crippen molar-refractivity contribution in [3.05, 3.63) is 24.3 Å². The smallest absolute Gasteiger partial charge is 0.240 e. The maximum atomic E-state index is 11.9. The molecule has 0 fully saturated rings. The molecule has 19 heavy (non-hydrogen) atoms. The predicted octanol–water partition coefficient (Wildman–Crippen LogP) is 2.24. The van der Waals surface area contributed by atoms with E-state index in [1.54, 1.807) is 49.9 Å². The molecular weight excluding hydrogens is 282 g/mol. The molecule has 0 saturated carbocycles. The SMILES string of the molecule is CC(C)NS(=O)(=O)c1ccc(SC(C)CCO)cc1. The van der Waals surface area contributed by atoms with E-state index in [-0.39, 0.29) is 17.5 Å². The molecule has 1 rings (SSSR count). The number of thioether (sulfide) groups is 1. The molecule has 0 amide bonds. The predicted molar refractivity (Wildman–Crippen MR) is 78.9 cm³/mol. The van der Waals surface area contributed by atoms with E-state index in [2.05, 4.69) is 4.72 Å². The number of nitrogens with one attached hydrogen (secondary N) is 1. The molecule has 0 aromatic heterocycles. The van der Waals surface area contributed by atoms with Crippen molar-refractivity contribution in [3.63, 3.8) is 0 Å². The number of benzene rings is 1. The summed E-state index contributed by atoms with van der Waals surface area (Å²) in [6.45, 7) is 5.78. The molecule has 108 valence electrons. The second kappa shape index (κ2) is 7.28. The van der Waals surface area contributed by atoms with Gasteiger partial charge in [-0.25, -0.2) is 13.1 Å². The van der Waals surface area contributed by atoms with Gasteiger partial charge in [0.05, 0.1) is 4.90 Å². The van der Waals surface area contributed by atoms with Gasteiger partial charge in [-0.3, -0.25) is 0 Å². The Morgan fingerprint density at radius 2 is 1.79 bits per heavy atom. The number of rotatable bonds is 7. The van der Waals surface area contributed by atoms with Crippen molar-refractivity contribution in [1.29, 1.82) is 0 Å². The topological polar surface area (TPSA) is 66.4 Å². The molecule has 0 heterocycles. The van der Waals surface area contributed by atoms with Crippen LogP contribution in [0.15, 0.2) is 34.1 Å². The molecule has 0 saturated heterocycles. The molecule has 6 heteroatoms. The van der Waals surface area contributed by atoms with Gasteiger partial charge in [-0.1, -0.05) is 6.92 Å². The average molecular weight is 303 g/mol. The maximum Gasteiger partial charge on any atom is 0.240 e. The van der Waals surface area contributed by atoms with Gasteiger partial charge in [0, 0.05) is 22.8 Å². The molecule has 0 spiro atoms. The first-order chi connectivity index (χ1) is 8.85. The lowest BCUT2D eigenvalue weighted by Gasteiger charge is -2.11. The standard InChI is InChI=1S/C13H21NO3S2/c1-10(2)14-19(16,17)13-6-4-12(5-7-13)18-11(3)8-9-15/h4-7,10-11,14-15H,8-9H2,1-3H3. The van der Waals surface area contributed by atoms with E-state index >= 15 is 0 Å². The third-order valence-electron chi connectivity index (χ3n) is 2.40. The second-order valence-corrected chi connectivity index (χ2v) is 7.91. The van der Waals surface area contributed by atoms with Gasteiger partial charge in [0.25, 0.3) is 0 Å². The summed E-state index contributed by atoms with van der Waals surface area (Å²) in [7, 11) is -3.41. The second-order valence-electron chi connectivity index (χ2n) is 4.69. The number of sulfonamides is 1. The molecule has 0 aliphatic carbocycles. The Bertz CT molecular complexity index is 483. The van der Waals surface area contributed by atoms with Crippen molar-refractivity contribution < 1.29 is 13.5 Å². The average Bonchev–Trinajstić information content (AvgIpc) is 2.28. The van der Waals surface area contributed by atoms with Gasteiger partial charge in [0.1, 0.15) is 0 Å². The van der Waals surface area contributed by atoms with Crippen molar-refractivity contribution in [1.82, 2.24) is 4.72 Å². The molecule has 1 aromatic rings. The summed E-state index contributed by atoms with van der Waals surface area (Å²) in [6, 6.07) is 6.70. The molecule has 0 aliphatic heterocycles. The molecule has 0 bridgehead atoms. The van der Waals surface area contributed by atoms with Gasteiger partial charge in [0.15, 0.2) is 0 Å². The number of hydrogen-bond acceptors (Lipinski definition) is 4. The van der Waals surface area contributed by atoms with Gasteiger partial charge < -0.3 is 5.11 Å². The van der Waals surface area contributed by atoms with Gasteiger partial charge in [-0.15, -0.1) is 11.8 Å². The summed E-state index contributed by atoms with van der Waals surface area (Å²) in [5.74, 6) is 0. The summed E-state index contributed by atoms with van der Waals surface area (Å²) in [4.78, 5) is 1.28. The highest BCUT2D eigenvalue weighted by molar-refractivity contribution is 8.00. The summed E-state index contributed by atoms with van der Waals surface area (Å²) >= 11 is 1.63. The fraction of sp³-hybridized carbons (Fsp3) is 0.538. The molecule has 0 radical (unpaired) electrons. The Hall–Kier alpha value is -0.560. The van der Waals surface area contributed by atoms with Crippen LogP contribution in [0.3, 0.4) is 0 Å². The number of aliphatic hydroxyl groups excluding tert-OH is 1. The third kappa shape index (κ3) is 5.52. The molecule has 4 nitrogen and oxygen atoms in total. The minimum atomic E-state index is -3.41. The Balaban J connectivity index is 2.76. The number of hydrogen-bond donors (Lipinski definition) is 2. The minimum absolute atomic E-state index is 0.122. The molecule has 2 N–H and O–H groups in total. The fourth-order valence-corrected chi connectivity index (χ4v) is 3.78. The third-order valence-corrected chi connectivity index (χ3v) is 5.25. The zero-order chi connectivity index (χ0) is 14.5. The maximum absolute atomic E-state index is 11.9. The molecule has 1 atom stereocenters. The van der Waals surface area contributed by atoms with E-state index in [4.69, 9.17) is 5.11 Å². The van der Waals surface area contributed by atoms with Crippen molar-refractivity contribution in [2.75, 3.05) is 6.61 Å². The Labute approximate surface area is 119 Å². The van der Waals surface area contributed by atoms with Crippen molar-refractivity contribution in [2.24, 2.45) is 0 Å². The van der Waals surface area contributed by atoms with Crippen LogP contribution in [0.2, 0.25) is 0 Å². The lowest BCUT2D eigenvalue weighted by Crippen LogP contribution is -2.30. The van der Waals surface area contributed by atoms with E-state index in [0.29, 0.717) is 5.25 Å². The van der Waals surface area contributed by atoms with Crippen molar-refractivity contribution in [2.45, 2.75) is 48.3 Å². The fourth-order valence-electron chi connectivity index (χ4n) is 1.55. The Kier molecular flexibility index (Phi) is 6.32. The summed E-state index contributed by atoms with van der Waals surface area (Å²) < 4.78 is 26.4. The first kappa shape index (κ1) is 16.5. The monoisotopic (exact) mass is 303 g/mol. The highest BCUT2D eigenvalue weighted by atomic mass is 32.2. The number of aliphatic hydroxyl groups is 1. The molecule has 0 aliphatic rings. The summed E-state index contributed by atoms with van der Waals surface area (Å²) in [5, 5.41) is 9.16. The highest BCUT2D eigenvalue weighted by Crippen LogP contribution is 2.26. The summed E-state index contributed by atoms with van der Waals surface area (Å²) in [6.07, 6.45) is 0.722. The van der Waals surface area contributed by atoms with Gasteiger partial charge in [-0.2, -0.15) is 0 Å². The molecular formula is C13H21NO3S2. The zero-order valence-corrected chi connectivity index (χ0v) is 13.1. The largest absolute Gasteiger partial charge is 0.396 e. The van der Waals surface area contributed by atoms with Crippen LogP contribution in [0, 0.1) is 0 Å². The first-order valence-electron chi connectivity index (χ1n) is 6.25. The van der Waals surface area contributed by atoms with Crippen LogP contribution in [0.25, 0.3) is 0 Å². The zero-order valence-electron chi connectivity index (χ0n) is 11.5. The Morgan fingerprint density at radius 1 is 1.21 bits per heavy atom. The van der Waals surface area contributed by atoms with Gasteiger partial charge in [-0.05, 0) is 44.5 Å². The van der Waals surface area contributed by atoms with Crippen molar-refractivity contribution >= 4 is 21.8 Å². The van der Waals surface area contributed by atoms with Gasteiger partial charge in [0.2, 0.25) is 10.0 Å². The van der Waals surface area contributed by atoms with Crippen LogP contribution in [0.4, 0.5) is 0 Å². The highest BCUT2D eigenvalue weighted by Gasteiger charge is 2.15. The van der Waals surface area contributed by atoms with Gasteiger partial charge >= 0.3 is 0 Å². The van der Waals surface area contributed by atoms with E-state index in [1.165, 1.54) is 0 Å². The van der Waals surface area contributed by atoms with Crippen LogP contribution in [-0.4, -0.2) is 31.4 Å². The quantitative estimate of drug-likeness (QED) is 0.758. The van der Waals surface area contributed by atoms with Crippen LogP contribution in [-0.2, 0) is 10.0 Å². The van der Waals surface area contributed by atoms with E-state index in [1.807, 2.05) is 6.92 Å². The van der Waals surface area contributed by atoms with Crippen LogP contribution in [0.1, 0.15) is 27.2 Å². The van der Waals surface area contributed by atoms with E-state index in [9.17, 15) is 8.42 Å². The van der Waals surface area contributed by atoms with Crippen LogP contribution in [0.5, 0.6) is 0 Å². The Morgan fingerprint density at radius 3 is 2.26 bits per heavy atom. The van der Waals surface area contributed by atoms with E-state index < -0.39 is 10.0 Å². The van der Waals surface area contributed by atoms with Crippen molar-refractivity contribution in [3.8, 4) is 0 Å². The lowest BCUT2D eigenvalue weighted by molar-refractivity contribution is 0.289. The minimum Gasteiger partial charge on any atom is -0.396 e. The molecule has 1 unspecified atom stereocenters. The summed E-state index contributed by atoms with van der Waals surface area (Å²) in [5.41, 5.74) is 0. The van der Waals surface area contributed by atoms with E-state index in [0.717, 1.165) is 11.3 Å². The normalized spacial score (nSPS) is 13.7. The van der Waals surface area contributed by atoms with Crippen LogP contribution >= 0.6 is 11.8 Å². The lowest BCUT2D eigenvalue weighted by atomic mass is 10.3.